The molecule has 3 aromatic rings. The van der Waals surface area contributed by atoms with Gasteiger partial charge in [-0.15, -0.1) is 0 Å². The van der Waals surface area contributed by atoms with Crippen LogP contribution in [0.5, 0.6) is 5.75 Å². The number of nitrogens with zero attached hydrogens (tertiary/aromatic N) is 3. The van der Waals surface area contributed by atoms with Crippen LogP contribution in [-0.2, 0) is 10.2 Å². The van der Waals surface area contributed by atoms with Crippen LogP contribution < -0.4 is 10.1 Å². The highest BCUT2D eigenvalue weighted by Gasteiger charge is 2.40. The molecular formula is C27H37ClN4O2SSi. The summed E-state index contributed by atoms with van der Waals surface area (Å²) in [5.74, 6) is 2.73. The van der Waals surface area contributed by atoms with Gasteiger partial charge in [0.1, 0.15) is 11.3 Å². The van der Waals surface area contributed by atoms with Crippen molar-refractivity contribution in [1.29, 1.82) is 0 Å². The van der Waals surface area contributed by atoms with Crippen LogP contribution in [0.2, 0.25) is 23.2 Å². The number of benzene rings is 1. The van der Waals surface area contributed by atoms with E-state index in [1.807, 2.05) is 24.3 Å². The second-order valence-electron chi connectivity index (χ2n) is 11.0. The van der Waals surface area contributed by atoms with Crippen LogP contribution in [0.1, 0.15) is 52.0 Å². The minimum Gasteiger partial charge on any atom is -0.487 e. The van der Waals surface area contributed by atoms with E-state index in [9.17, 15) is 0 Å². The molecule has 36 heavy (non-hydrogen) atoms. The fourth-order valence-corrected chi connectivity index (χ4v) is 6.29. The van der Waals surface area contributed by atoms with Crippen molar-refractivity contribution < 1.29 is 9.16 Å². The van der Waals surface area contributed by atoms with Crippen LogP contribution in [0.3, 0.4) is 0 Å². The molecule has 6 nitrogen and oxygen atoms in total. The zero-order chi connectivity index (χ0) is 25.9. The number of halogens is 1. The van der Waals surface area contributed by atoms with Crippen molar-refractivity contribution in [3.05, 3.63) is 47.2 Å². The van der Waals surface area contributed by atoms with Gasteiger partial charge in [0.05, 0.1) is 11.1 Å². The summed E-state index contributed by atoms with van der Waals surface area (Å²) in [5, 5.41) is 4.90. The lowest BCUT2D eigenvalue weighted by atomic mass is 9.95. The summed E-state index contributed by atoms with van der Waals surface area (Å²) >= 11 is 8.39. The Hall–Kier alpha value is -1.87. The Labute approximate surface area is 225 Å². The van der Waals surface area contributed by atoms with Gasteiger partial charge in [0.25, 0.3) is 0 Å². The third-order valence-electron chi connectivity index (χ3n) is 7.21. The van der Waals surface area contributed by atoms with Gasteiger partial charge in [-0.2, -0.15) is 11.8 Å². The number of fused-ring (bicyclic) bond motifs is 1. The van der Waals surface area contributed by atoms with Gasteiger partial charge < -0.3 is 14.5 Å². The van der Waals surface area contributed by atoms with Gasteiger partial charge in [0.2, 0.25) is 5.95 Å². The molecule has 1 fully saturated rings. The lowest BCUT2D eigenvalue weighted by molar-refractivity contribution is 0.0733. The van der Waals surface area contributed by atoms with E-state index in [0.29, 0.717) is 34.2 Å². The molecule has 1 aliphatic carbocycles. The highest BCUT2D eigenvalue weighted by Crippen LogP contribution is 2.40. The summed E-state index contributed by atoms with van der Waals surface area (Å²) in [5.41, 5.74) is 1.90. The van der Waals surface area contributed by atoms with E-state index in [0.717, 1.165) is 36.8 Å². The maximum Gasteiger partial charge on any atom is 0.229 e. The Morgan fingerprint density at radius 3 is 2.50 bits per heavy atom. The molecule has 4 rings (SSSR count). The molecule has 2 heterocycles. The van der Waals surface area contributed by atoms with Crippen molar-refractivity contribution in [2.24, 2.45) is 0 Å². The zero-order valence-electron chi connectivity index (χ0n) is 22.1. The zero-order valence-corrected chi connectivity index (χ0v) is 24.7. The van der Waals surface area contributed by atoms with Crippen LogP contribution in [0.25, 0.3) is 10.9 Å². The Bertz CT molecular complexity index is 1200. The number of ether oxygens (including phenoxy) is 1. The lowest BCUT2D eigenvalue weighted by Crippen LogP contribution is -2.45. The molecule has 1 saturated carbocycles. The van der Waals surface area contributed by atoms with Gasteiger partial charge in [0, 0.05) is 29.6 Å². The van der Waals surface area contributed by atoms with Crippen LogP contribution in [0.15, 0.2) is 36.7 Å². The second-order valence-corrected chi connectivity index (χ2v) is 17.0. The smallest absolute Gasteiger partial charge is 0.229 e. The molecule has 194 valence electrons. The predicted molar refractivity (Wildman–Crippen MR) is 154 cm³/mol. The molecule has 2 aromatic heterocycles. The summed E-state index contributed by atoms with van der Waals surface area (Å²) in [6.45, 7) is 11.5. The number of rotatable bonds is 8. The van der Waals surface area contributed by atoms with Crippen molar-refractivity contribution in [2.75, 3.05) is 11.6 Å². The van der Waals surface area contributed by atoms with Crippen molar-refractivity contribution in [1.82, 2.24) is 15.0 Å². The summed E-state index contributed by atoms with van der Waals surface area (Å²) < 4.78 is 13.1. The predicted octanol–water partition coefficient (Wildman–Crippen LogP) is 8.00. The Morgan fingerprint density at radius 1 is 1.08 bits per heavy atom. The van der Waals surface area contributed by atoms with Gasteiger partial charge in [0.15, 0.2) is 14.1 Å². The molecule has 9 heteroatoms. The first-order valence-corrected chi connectivity index (χ1v) is 17.2. The average Bonchev–Trinajstić information content (AvgIpc) is 2.82. The molecule has 0 unspecified atom stereocenters. The standard InChI is InChI=1S/C27H37ClN4O2SSi/c1-27(2,3)36(5,6)34-21-10-8-20(9-11-21)33-25-22(28)12-7-19-16-30-26(32-24(19)25)31-23-15-18(17-35-4)13-14-29-23/h7,12-16,20-21H,8-11,17H2,1-6H3,(H,29,30,31,32)/t20-,21+. The number of hydrogen-bond acceptors (Lipinski definition) is 7. The minimum absolute atomic E-state index is 0.0867. The maximum absolute atomic E-state index is 6.65. The van der Waals surface area contributed by atoms with Crippen LogP contribution in [-0.4, -0.2) is 41.7 Å². The van der Waals surface area contributed by atoms with Crippen molar-refractivity contribution in [3.8, 4) is 5.75 Å². The minimum atomic E-state index is -1.77. The first-order valence-electron chi connectivity index (χ1n) is 12.6. The Balaban J connectivity index is 1.48. The number of thioether (sulfide) groups is 1. The fraction of sp³-hybridized carbons (Fsp3) is 0.519. The van der Waals surface area contributed by atoms with E-state index in [-0.39, 0.29) is 11.1 Å². The molecule has 1 aromatic carbocycles. The monoisotopic (exact) mass is 544 g/mol. The number of nitrogens with one attached hydrogen (secondary N) is 1. The van der Waals surface area contributed by atoms with E-state index in [1.165, 1.54) is 5.56 Å². The molecule has 0 radical (unpaired) electrons. The summed E-state index contributed by atoms with van der Waals surface area (Å²) in [6.07, 6.45) is 9.94. The molecular weight excluding hydrogens is 508 g/mol. The molecule has 0 saturated heterocycles. The number of pyridine rings is 1. The molecule has 0 bridgehead atoms. The third-order valence-corrected chi connectivity index (χ3v) is 12.7. The average molecular weight is 545 g/mol. The van der Waals surface area contributed by atoms with Crippen LogP contribution >= 0.6 is 23.4 Å². The number of hydrogen-bond donors (Lipinski definition) is 1. The van der Waals surface area contributed by atoms with Gasteiger partial charge in [-0.25, -0.2) is 15.0 Å². The molecule has 1 aliphatic rings. The van der Waals surface area contributed by atoms with E-state index in [4.69, 9.17) is 25.7 Å². The summed E-state index contributed by atoms with van der Waals surface area (Å²) in [6, 6.07) is 7.81. The Kier molecular flexibility index (Phi) is 8.49. The van der Waals surface area contributed by atoms with E-state index < -0.39 is 8.32 Å². The molecule has 0 amide bonds. The van der Waals surface area contributed by atoms with Gasteiger partial charge in [-0.3, -0.25) is 0 Å². The van der Waals surface area contributed by atoms with Crippen LogP contribution in [0.4, 0.5) is 11.8 Å². The topological polar surface area (TPSA) is 69.2 Å². The van der Waals surface area contributed by atoms with Crippen molar-refractivity contribution >= 4 is 54.3 Å². The normalized spacial score (nSPS) is 18.9. The van der Waals surface area contributed by atoms with Gasteiger partial charge in [-0.05, 0) is 79.9 Å². The quantitative estimate of drug-likeness (QED) is 0.288. The SMILES string of the molecule is CSCc1ccnc(Nc2ncc3ccc(Cl)c(O[C@H]4CC[C@@H](O[Si](C)(C)C(C)(C)C)CC4)c3n2)c1. The van der Waals surface area contributed by atoms with Crippen molar-refractivity contribution in [2.45, 2.75) is 82.5 Å². The first-order chi connectivity index (χ1) is 17.1. The molecule has 1 N–H and O–H groups in total. The highest BCUT2D eigenvalue weighted by molar-refractivity contribution is 7.97. The Morgan fingerprint density at radius 2 is 1.81 bits per heavy atom. The number of aromatic nitrogens is 3. The summed E-state index contributed by atoms with van der Waals surface area (Å²) in [4.78, 5) is 13.7. The highest BCUT2D eigenvalue weighted by atomic mass is 35.5. The largest absolute Gasteiger partial charge is 0.487 e. The summed E-state index contributed by atoms with van der Waals surface area (Å²) in [7, 11) is -1.77. The lowest BCUT2D eigenvalue weighted by Gasteiger charge is -2.41. The fourth-order valence-electron chi connectivity index (χ4n) is 4.16. The van der Waals surface area contributed by atoms with E-state index >= 15 is 0 Å². The van der Waals surface area contributed by atoms with Crippen LogP contribution in [0, 0.1) is 0 Å². The molecule has 0 atom stereocenters. The van der Waals surface area contributed by atoms with Gasteiger partial charge >= 0.3 is 0 Å². The maximum atomic E-state index is 6.65. The van der Waals surface area contributed by atoms with Gasteiger partial charge in [-0.1, -0.05) is 32.4 Å². The second kappa shape index (κ2) is 11.3. The molecule has 0 spiro atoms. The third kappa shape index (κ3) is 6.51. The molecule has 0 aliphatic heterocycles. The number of anilines is 2. The van der Waals surface area contributed by atoms with Crippen molar-refractivity contribution in [3.63, 3.8) is 0 Å². The first kappa shape index (κ1) is 27.2. The van der Waals surface area contributed by atoms with E-state index in [2.05, 4.69) is 55.4 Å². The van der Waals surface area contributed by atoms with E-state index in [1.54, 1.807) is 24.2 Å².